The predicted molar refractivity (Wildman–Crippen MR) is 67.2 cm³/mol. The minimum Gasteiger partial charge on any atom is -0.394 e. The van der Waals surface area contributed by atoms with Crippen LogP contribution in [0.4, 0.5) is 0 Å². The van der Waals surface area contributed by atoms with Gasteiger partial charge in [-0.1, -0.05) is 0 Å². The average molecular weight is 326 g/mol. The number of hydrogen-bond acceptors (Lipinski definition) is 10. The van der Waals surface area contributed by atoms with Crippen LogP contribution < -0.4 is 0 Å². The van der Waals surface area contributed by atoms with Gasteiger partial charge in [-0.05, 0) is 0 Å². The molecule has 22 heavy (non-hydrogen) atoms. The first-order valence-electron chi connectivity index (χ1n) is 6.97. The Labute approximate surface area is 126 Å². The SMILES string of the molecule is OCC1OC(O)C(O)CC1OC1OC(CO)C(O)C(O)C1O. The van der Waals surface area contributed by atoms with E-state index in [-0.39, 0.29) is 6.42 Å². The normalized spacial score (nSPS) is 50.0. The maximum atomic E-state index is 9.87. The second-order valence-electron chi connectivity index (χ2n) is 5.42. The van der Waals surface area contributed by atoms with Crippen molar-refractivity contribution in [3.63, 3.8) is 0 Å². The van der Waals surface area contributed by atoms with E-state index in [0.29, 0.717) is 0 Å². The van der Waals surface area contributed by atoms with Gasteiger partial charge in [0.05, 0.1) is 19.3 Å². The van der Waals surface area contributed by atoms with Gasteiger partial charge in [0.25, 0.3) is 0 Å². The number of ether oxygens (including phenoxy) is 3. The number of rotatable bonds is 4. The minimum absolute atomic E-state index is 0.0958. The maximum Gasteiger partial charge on any atom is 0.187 e. The molecule has 0 aromatic heterocycles. The van der Waals surface area contributed by atoms with Crippen LogP contribution in [-0.4, -0.2) is 104 Å². The topological polar surface area (TPSA) is 169 Å². The molecule has 0 bridgehead atoms. The molecular formula is C12H22O10. The molecule has 2 heterocycles. The van der Waals surface area contributed by atoms with Crippen molar-refractivity contribution in [3.05, 3.63) is 0 Å². The average Bonchev–Trinajstić information content (AvgIpc) is 2.51. The summed E-state index contributed by atoms with van der Waals surface area (Å²) < 4.78 is 15.6. The molecule has 2 saturated heterocycles. The monoisotopic (exact) mass is 326 g/mol. The Morgan fingerprint density at radius 3 is 2.05 bits per heavy atom. The van der Waals surface area contributed by atoms with Crippen LogP contribution in [0.5, 0.6) is 0 Å². The van der Waals surface area contributed by atoms with Crippen LogP contribution in [-0.2, 0) is 14.2 Å². The fraction of sp³-hybridized carbons (Fsp3) is 1.00. The lowest BCUT2D eigenvalue weighted by atomic mass is 9.98. The molecule has 9 unspecified atom stereocenters. The molecule has 0 amide bonds. The summed E-state index contributed by atoms with van der Waals surface area (Å²) in [4.78, 5) is 0. The molecule has 2 fully saturated rings. The Bertz CT molecular complexity index is 353. The van der Waals surface area contributed by atoms with Gasteiger partial charge in [0.2, 0.25) is 0 Å². The summed E-state index contributed by atoms with van der Waals surface area (Å²) in [6, 6.07) is 0. The summed E-state index contributed by atoms with van der Waals surface area (Å²) in [7, 11) is 0. The molecular weight excluding hydrogens is 304 g/mol. The first kappa shape index (κ1) is 17.9. The molecule has 0 aliphatic carbocycles. The summed E-state index contributed by atoms with van der Waals surface area (Å²) in [6.07, 6.45) is -11.9. The fourth-order valence-corrected chi connectivity index (χ4v) is 2.52. The van der Waals surface area contributed by atoms with Crippen LogP contribution in [0.25, 0.3) is 0 Å². The van der Waals surface area contributed by atoms with Gasteiger partial charge in [0.1, 0.15) is 36.6 Å². The van der Waals surface area contributed by atoms with Crippen molar-refractivity contribution in [2.24, 2.45) is 0 Å². The molecule has 2 aliphatic heterocycles. The van der Waals surface area contributed by atoms with Gasteiger partial charge in [0.15, 0.2) is 12.6 Å². The summed E-state index contributed by atoms with van der Waals surface area (Å²) >= 11 is 0. The molecule has 2 aliphatic rings. The second-order valence-corrected chi connectivity index (χ2v) is 5.42. The predicted octanol–water partition coefficient (Wildman–Crippen LogP) is -4.37. The van der Waals surface area contributed by atoms with Crippen LogP contribution >= 0.6 is 0 Å². The third-order valence-electron chi connectivity index (χ3n) is 3.87. The van der Waals surface area contributed by atoms with E-state index in [1.165, 1.54) is 0 Å². The summed E-state index contributed by atoms with van der Waals surface area (Å²) in [6.45, 7) is -1.11. The molecule has 9 atom stereocenters. The van der Waals surface area contributed by atoms with Crippen LogP contribution in [0.15, 0.2) is 0 Å². The molecule has 0 aromatic rings. The van der Waals surface area contributed by atoms with E-state index < -0.39 is 68.5 Å². The Morgan fingerprint density at radius 1 is 0.818 bits per heavy atom. The van der Waals surface area contributed by atoms with E-state index in [1.54, 1.807) is 0 Å². The lowest BCUT2D eigenvalue weighted by Gasteiger charge is -2.43. The first-order valence-corrected chi connectivity index (χ1v) is 6.97. The van der Waals surface area contributed by atoms with Gasteiger partial charge >= 0.3 is 0 Å². The van der Waals surface area contributed by atoms with Crippen molar-refractivity contribution in [1.82, 2.24) is 0 Å². The van der Waals surface area contributed by atoms with Crippen molar-refractivity contribution in [3.8, 4) is 0 Å². The summed E-state index contributed by atoms with van der Waals surface area (Å²) in [5.41, 5.74) is 0. The Kier molecular flexibility index (Phi) is 6.07. The van der Waals surface area contributed by atoms with Gasteiger partial charge in [-0.15, -0.1) is 0 Å². The van der Waals surface area contributed by atoms with Crippen molar-refractivity contribution < 1.29 is 50.0 Å². The zero-order chi connectivity index (χ0) is 16.4. The Morgan fingerprint density at radius 2 is 1.45 bits per heavy atom. The number of hydrogen-bond donors (Lipinski definition) is 7. The lowest BCUT2D eigenvalue weighted by molar-refractivity contribution is -0.338. The highest BCUT2D eigenvalue weighted by atomic mass is 16.7. The highest BCUT2D eigenvalue weighted by Crippen LogP contribution is 2.28. The zero-order valence-corrected chi connectivity index (χ0v) is 11.7. The molecule has 0 aromatic carbocycles. The molecule has 130 valence electrons. The number of aliphatic hydroxyl groups is 7. The van der Waals surface area contributed by atoms with Crippen molar-refractivity contribution >= 4 is 0 Å². The van der Waals surface area contributed by atoms with E-state index in [4.69, 9.17) is 19.3 Å². The maximum absolute atomic E-state index is 9.87. The Balaban J connectivity index is 2.04. The lowest BCUT2D eigenvalue weighted by Crippen LogP contribution is -2.61. The van der Waals surface area contributed by atoms with Crippen molar-refractivity contribution in [2.75, 3.05) is 13.2 Å². The van der Waals surface area contributed by atoms with Crippen LogP contribution in [0.2, 0.25) is 0 Å². The van der Waals surface area contributed by atoms with Crippen LogP contribution in [0.1, 0.15) is 6.42 Å². The second kappa shape index (κ2) is 7.45. The third kappa shape index (κ3) is 3.57. The molecule has 2 rings (SSSR count). The largest absolute Gasteiger partial charge is 0.394 e. The van der Waals surface area contributed by atoms with Gasteiger partial charge in [-0.25, -0.2) is 0 Å². The molecule has 7 N–H and O–H groups in total. The van der Waals surface area contributed by atoms with Gasteiger partial charge in [0, 0.05) is 6.42 Å². The van der Waals surface area contributed by atoms with E-state index in [1.807, 2.05) is 0 Å². The highest BCUT2D eigenvalue weighted by molar-refractivity contribution is 4.90. The van der Waals surface area contributed by atoms with Crippen molar-refractivity contribution in [2.45, 2.75) is 61.7 Å². The minimum atomic E-state index is -1.60. The molecule has 10 heteroatoms. The van der Waals surface area contributed by atoms with E-state index in [0.717, 1.165) is 0 Å². The van der Waals surface area contributed by atoms with Crippen LogP contribution in [0, 0.1) is 0 Å². The third-order valence-corrected chi connectivity index (χ3v) is 3.87. The van der Waals surface area contributed by atoms with E-state index in [2.05, 4.69) is 0 Å². The van der Waals surface area contributed by atoms with Gasteiger partial charge < -0.3 is 50.0 Å². The first-order chi connectivity index (χ1) is 10.4. The van der Waals surface area contributed by atoms with E-state index >= 15 is 0 Å². The highest BCUT2D eigenvalue weighted by Gasteiger charge is 2.47. The van der Waals surface area contributed by atoms with Gasteiger partial charge in [-0.3, -0.25) is 0 Å². The molecule has 0 saturated carbocycles. The molecule has 0 spiro atoms. The number of aliphatic hydroxyl groups excluding tert-OH is 7. The zero-order valence-electron chi connectivity index (χ0n) is 11.7. The molecule has 0 radical (unpaired) electrons. The smallest absolute Gasteiger partial charge is 0.187 e. The van der Waals surface area contributed by atoms with Crippen molar-refractivity contribution in [1.29, 1.82) is 0 Å². The van der Waals surface area contributed by atoms with Crippen LogP contribution in [0.3, 0.4) is 0 Å². The quantitative estimate of drug-likeness (QED) is 0.268. The molecule has 10 nitrogen and oxygen atoms in total. The summed E-state index contributed by atoms with van der Waals surface area (Å²) in [5, 5.41) is 66.5. The standard InChI is InChI=1S/C12H22O10/c13-2-6-5(1-4(15)11(19)20-6)21-12-10(18)9(17)8(16)7(3-14)22-12/h4-19H,1-3H2. The summed E-state index contributed by atoms with van der Waals surface area (Å²) in [5.74, 6) is 0. The van der Waals surface area contributed by atoms with E-state index in [9.17, 15) is 30.6 Å². The fourth-order valence-electron chi connectivity index (χ4n) is 2.52. The Hall–Kier alpha value is -0.400. The van der Waals surface area contributed by atoms with Gasteiger partial charge in [-0.2, -0.15) is 0 Å².